The van der Waals surface area contributed by atoms with Gasteiger partial charge in [-0.05, 0) is 25.1 Å². The van der Waals surface area contributed by atoms with Gasteiger partial charge in [0.05, 0.1) is 12.5 Å². The van der Waals surface area contributed by atoms with Crippen molar-refractivity contribution in [3.05, 3.63) is 29.3 Å². The zero-order valence-corrected chi connectivity index (χ0v) is 11.0. The summed E-state index contributed by atoms with van der Waals surface area (Å²) < 4.78 is 0. The van der Waals surface area contributed by atoms with E-state index in [9.17, 15) is 4.79 Å². The van der Waals surface area contributed by atoms with Gasteiger partial charge in [0.2, 0.25) is 0 Å². The lowest BCUT2D eigenvalue weighted by molar-refractivity contribution is -0.137. The number of carbonyl (C=O) groups is 1. The van der Waals surface area contributed by atoms with E-state index in [0.29, 0.717) is 17.6 Å². The molecule has 0 aliphatic carbocycles. The molecular formula is C13H17ClN2O2. The maximum atomic E-state index is 10.9. The molecule has 2 atom stereocenters. The Morgan fingerprint density at radius 1 is 1.61 bits per heavy atom. The maximum absolute atomic E-state index is 10.9. The maximum Gasteiger partial charge on any atom is 0.305 e. The Labute approximate surface area is 112 Å². The molecule has 18 heavy (non-hydrogen) atoms. The summed E-state index contributed by atoms with van der Waals surface area (Å²) in [5.74, 6) is -0.775. The summed E-state index contributed by atoms with van der Waals surface area (Å²) in [4.78, 5) is 13.0. The fraction of sp³-hybridized carbons (Fsp3) is 0.462. The highest BCUT2D eigenvalue weighted by Crippen LogP contribution is 2.24. The predicted molar refractivity (Wildman–Crippen MR) is 72.3 cm³/mol. The van der Waals surface area contributed by atoms with Crippen molar-refractivity contribution < 1.29 is 9.90 Å². The van der Waals surface area contributed by atoms with Crippen molar-refractivity contribution in [2.75, 3.05) is 18.0 Å². The monoisotopic (exact) mass is 268 g/mol. The van der Waals surface area contributed by atoms with Gasteiger partial charge in [-0.25, -0.2) is 0 Å². The number of nitrogens with zero attached hydrogens (tertiary/aromatic N) is 1. The van der Waals surface area contributed by atoms with E-state index in [1.54, 1.807) is 0 Å². The quantitative estimate of drug-likeness (QED) is 0.880. The molecule has 0 aromatic heterocycles. The number of hydrogen-bond acceptors (Lipinski definition) is 3. The molecule has 4 nitrogen and oxygen atoms in total. The first-order valence-corrected chi connectivity index (χ1v) is 6.41. The largest absolute Gasteiger partial charge is 0.481 e. The second kappa shape index (κ2) is 5.59. The predicted octanol–water partition coefficient (Wildman–Crippen LogP) is 1.98. The van der Waals surface area contributed by atoms with Crippen molar-refractivity contribution in [3.63, 3.8) is 0 Å². The average molecular weight is 269 g/mol. The minimum absolute atomic E-state index is 0.0304. The summed E-state index contributed by atoms with van der Waals surface area (Å²) in [6.07, 6.45) is 0.131. The van der Waals surface area contributed by atoms with Gasteiger partial charge < -0.3 is 15.3 Å². The van der Waals surface area contributed by atoms with E-state index in [1.807, 2.05) is 24.3 Å². The lowest BCUT2D eigenvalue weighted by Gasteiger charge is -2.40. The molecule has 2 rings (SSSR count). The number of anilines is 1. The van der Waals surface area contributed by atoms with Gasteiger partial charge in [-0.15, -0.1) is 0 Å². The summed E-state index contributed by atoms with van der Waals surface area (Å²) in [5, 5.41) is 13.0. The lowest BCUT2D eigenvalue weighted by Crippen LogP contribution is -2.56. The van der Waals surface area contributed by atoms with Crippen molar-refractivity contribution in [2.45, 2.75) is 25.4 Å². The average Bonchev–Trinajstić information content (AvgIpc) is 2.31. The fourth-order valence-corrected chi connectivity index (χ4v) is 2.50. The van der Waals surface area contributed by atoms with Crippen LogP contribution in [-0.2, 0) is 4.79 Å². The van der Waals surface area contributed by atoms with Gasteiger partial charge in [-0.3, -0.25) is 4.79 Å². The van der Waals surface area contributed by atoms with Crippen LogP contribution in [0.15, 0.2) is 24.3 Å². The second-order valence-electron chi connectivity index (χ2n) is 4.69. The van der Waals surface area contributed by atoms with Gasteiger partial charge in [0.25, 0.3) is 0 Å². The van der Waals surface area contributed by atoms with Crippen LogP contribution in [0.3, 0.4) is 0 Å². The van der Waals surface area contributed by atoms with Crippen LogP contribution in [0.4, 0.5) is 5.69 Å². The summed E-state index contributed by atoms with van der Waals surface area (Å²) in [7, 11) is 0. The highest BCUT2D eigenvalue weighted by molar-refractivity contribution is 6.30. The first kappa shape index (κ1) is 13.2. The lowest BCUT2D eigenvalue weighted by atomic mass is 10.1. The number of rotatable bonds is 3. The Balaban J connectivity index is 2.21. The molecule has 1 aliphatic rings. The molecule has 5 heteroatoms. The summed E-state index contributed by atoms with van der Waals surface area (Å²) in [5.41, 5.74) is 0.988. The summed E-state index contributed by atoms with van der Waals surface area (Å²) in [6.45, 7) is 3.56. The van der Waals surface area contributed by atoms with Crippen molar-refractivity contribution in [1.29, 1.82) is 0 Å². The number of carboxylic acids is 1. The van der Waals surface area contributed by atoms with E-state index < -0.39 is 5.97 Å². The number of benzene rings is 1. The topological polar surface area (TPSA) is 52.6 Å². The first-order valence-electron chi connectivity index (χ1n) is 6.03. The highest BCUT2D eigenvalue weighted by atomic mass is 35.5. The molecule has 1 aromatic rings. The Hall–Kier alpha value is -1.26. The van der Waals surface area contributed by atoms with Crippen LogP contribution < -0.4 is 10.2 Å². The van der Waals surface area contributed by atoms with Crippen LogP contribution in [-0.4, -0.2) is 36.2 Å². The van der Waals surface area contributed by atoms with E-state index in [4.69, 9.17) is 16.7 Å². The Morgan fingerprint density at radius 3 is 3.06 bits per heavy atom. The third kappa shape index (κ3) is 3.15. The second-order valence-corrected chi connectivity index (χ2v) is 5.13. The standard InChI is InChI=1S/C13H17ClN2O2/c1-9-8-16(11-4-2-3-10(14)5-11)12(7-15-9)6-13(17)18/h2-5,9,12,15H,6-8H2,1H3,(H,17,18). The molecular weight excluding hydrogens is 252 g/mol. The van der Waals surface area contributed by atoms with Gasteiger partial charge in [0.15, 0.2) is 0 Å². The highest BCUT2D eigenvalue weighted by Gasteiger charge is 2.27. The summed E-state index contributed by atoms with van der Waals surface area (Å²) >= 11 is 6.00. The SMILES string of the molecule is CC1CN(c2cccc(Cl)c2)C(CC(=O)O)CN1. The van der Waals surface area contributed by atoms with Crippen molar-refractivity contribution in [3.8, 4) is 0 Å². The normalized spacial score (nSPS) is 24.0. The van der Waals surface area contributed by atoms with Crippen LogP contribution in [0.25, 0.3) is 0 Å². The van der Waals surface area contributed by atoms with Crippen LogP contribution in [0, 0.1) is 0 Å². The molecule has 98 valence electrons. The molecule has 0 saturated carbocycles. The van der Waals surface area contributed by atoms with Gasteiger partial charge >= 0.3 is 5.97 Å². The van der Waals surface area contributed by atoms with E-state index >= 15 is 0 Å². The van der Waals surface area contributed by atoms with E-state index in [2.05, 4.69) is 17.1 Å². The van der Waals surface area contributed by atoms with E-state index in [-0.39, 0.29) is 12.5 Å². The minimum Gasteiger partial charge on any atom is -0.481 e. The molecule has 2 N–H and O–H groups in total. The molecule has 1 saturated heterocycles. The Morgan fingerprint density at radius 2 is 2.39 bits per heavy atom. The molecule has 0 bridgehead atoms. The molecule has 1 aliphatic heterocycles. The number of carboxylic acid groups (broad SMARTS) is 1. The van der Waals surface area contributed by atoms with E-state index in [1.165, 1.54) is 0 Å². The van der Waals surface area contributed by atoms with Gasteiger partial charge in [-0.2, -0.15) is 0 Å². The molecule has 1 heterocycles. The van der Waals surface area contributed by atoms with Gasteiger partial charge in [-0.1, -0.05) is 17.7 Å². The van der Waals surface area contributed by atoms with Crippen molar-refractivity contribution >= 4 is 23.3 Å². The van der Waals surface area contributed by atoms with E-state index in [0.717, 1.165) is 12.2 Å². The first-order chi connectivity index (χ1) is 8.56. The number of nitrogens with one attached hydrogen (secondary N) is 1. The van der Waals surface area contributed by atoms with Gasteiger partial charge in [0, 0.05) is 29.8 Å². The molecule has 2 unspecified atom stereocenters. The molecule has 0 spiro atoms. The number of piperazine rings is 1. The van der Waals surface area contributed by atoms with Crippen LogP contribution in [0.1, 0.15) is 13.3 Å². The third-order valence-electron chi connectivity index (χ3n) is 3.16. The summed E-state index contributed by atoms with van der Waals surface area (Å²) in [6, 6.07) is 7.88. The Bertz CT molecular complexity index is 439. The molecule has 0 amide bonds. The number of aliphatic carboxylic acids is 1. The van der Waals surface area contributed by atoms with Crippen molar-refractivity contribution in [1.82, 2.24) is 5.32 Å². The molecule has 1 fully saturated rings. The van der Waals surface area contributed by atoms with Gasteiger partial charge in [0.1, 0.15) is 0 Å². The number of hydrogen-bond donors (Lipinski definition) is 2. The zero-order valence-electron chi connectivity index (χ0n) is 10.3. The number of halogens is 1. The zero-order chi connectivity index (χ0) is 13.1. The van der Waals surface area contributed by atoms with Crippen LogP contribution in [0.5, 0.6) is 0 Å². The van der Waals surface area contributed by atoms with Crippen LogP contribution in [0.2, 0.25) is 5.02 Å². The Kier molecular flexibility index (Phi) is 4.09. The van der Waals surface area contributed by atoms with Crippen LogP contribution >= 0.6 is 11.6 Å². The molecule has 0 radical (unpaired) electrons. The third-order valence-corrected chi connectivity index (χ3v) is 3.40. The van der Waals surface area contributed by atoms with Crippen molar-refractivity contribution in [2.24, 2.45) is 0 Å². The smallest absolute Gasteiger partial charge is 0.305 e. The molecule has 1 aromatic carbocycles. The minimum atomic E-state index is -0.775. The fourth-order valence-electron chi connectivity index (χ4n) is 2.31.